The van der Waals surface area contributed by atoms with Crippen LogP contribution in [0.3, 0.4) is 0 Å². The van der Waals surface area contributed by atoms with Crippen molar-refractivity contribution in [3.63, 3.8) is 0 Å². The molecule has 0 radical (unpaired) electrons. The van der Waals surface area contributed by atoms with E-state index in [1.807, 2.05) is 18.2 Å². The lowest BCUT2D eigenvalue weighted by atomic mass is 10.3. The summed E-state index contributed by atoms with van der Waals surface area (Å²) in [6, 6.07) is 10.6. The molecule has 1 unspecified atom stereocenters. The third kappa shape index (κ3) is 5.36. The molecule has 1 heterocycles. The van der Waals surface area contributed by atoms with Gasteiger partial charge in [0.05, 0.1) is 10.5 Å². The summed E-state index contributed by atoms with van der Waals surface area (Å²) in [4.78, 5) is 6.55. The molecule has 0 saturated carbocycles. The van der Waals surface area contributed by atoms with Crippen LogP contribution in [0.25, 0.3) is 0 Å². The van der Waals surface area contributed by atoms with Crippen molar-refractivity contribution in [3.05, 3.63) is 30.3 Å². The van der Waals surface area contributed by atoms with E-state index >= 15 is 0 Å². The lowest BCUT2D eigenvalue weighted by Crippen LogP contribution is -2.46. The van der Waals surface area contributed by atoms with Crippen LogP contribution >= 0.6 is 0 Å². The van der Waals surface area contributed by atoms with Gasteiger partial charge in [0.1, 0.15) is 0 Å². The molecule has 2 rings (SSSR count). The first kappa shape index (κ1) is 19.6. The van der Waals surface area contributed by atoms with Gasteiger partial charge in [-0.15, -0.1) is 0 Å². The Morgan fingerprint density at radius 3 is 2.56 bits per heavy atom. The lowest BCUT2D eigenvalue weighted by Gasteiger charge is -2.21. The summed E-state index contributed by atoms with van der Waals surface area (Å²) in [5.74, 6) is 0.752. The van der Waals surface area contributed by atoms with E-state index in [1.54, 1.807) is 27.8 Å². The number of anilines is 1. The molecule has 2 N–H and O–H groups in total. The van der Waals surface area contributed by atoms with Gasteiger partial charge in [0.2, 0.25) is 0 Å². The van der Waals surface area contributed by atoms with Crippen LogP contribution in [-0.4, -0.2) is 57.6 Å². The Bertz CT molecular complexity index is 681. The van der Waals surface area contributed by atoms with Gasteiger partial charge in [-0.1, -0.05) is 18.2 Å². The number of hydrogen-bond acceptors (Lipinski definition) is 4. The topological polar surface area (TPSA) is 73.8 Å². The Morgan fingerprint density at radius 2 is 1.96 bits per heavy atom. The summed E-state index contributed by atoms with van der Waals surface area (Å²) in [5.41, 5.74) is 1.23. The van der Waals surface area contributed by atoms with E-state index in [-0.39, 0.29) is 5.75 Å². The van der Waals surface area contributed by atoms with Crippen molar-refractivity contribution >= 4 is 21.5 Å². The number of nitrogens with zero attached hydrogens (tertiary/aromatic N) is 2. The van der Waals surface area contributed by atoms with Crippen molar-refractivity contribution in [2.24, 2.45) is 4.99 Å². The normalized spacial score (nSPS) is 19.1. The molecule has 7 heteroatoms. The number of benzene rings is 1. The highest BCUT2D eigenvalue weighted by Crippen LogP contribution is 2.19. The average molecular weight is 367 g/mol. The second kappa shape index (κ2) is 8.08. The highest BCUT2D eigenvalue weighted by molar-refractivity contribution is 7.92. The number of sulfone groups is 1. The van der Waals surface area contributed by atoms with Crippen molar-refractivity contribution in [2.45, 2.75) is 38.0 Å². The first-order valence-electron chi connectivity index (χ1n) is 8.72. The Balaban J connectivity index is 1.81. The average Bonchev–Trinajstić information content (AvgIpc) is 3.02. The van der Waals surface area contributed by atoms with Crippen LogP contribution in [0.1, 0.15) is 27.2 Å². The van der Waals surface area contributed by atoms with E-state index in [2.05, 4.69) is 32.7 Å². The highest BCUT2D eigenvalue weighted by Gasteiger charge is 2.28. The van der Waals surface area contributed by atoms with Crippen LogP contribution < -0.4 is 15.5 Å². The van der Waals surface area contributed by atoms with E-state index in [0.717, 1.165) is 19.5 Å². The molecule has 1 fully saturated rings. The van der Waals surface area contributed by atoms with Crippen LogP contribution in [0.15, 0.2) is 35.3 Å². The Morgan fingerprint density at radius 1 is 1.28 bits per heavy atom. The number of nitrogens with one attached hydrogen (secondary N) is 2. The first-order valence-corrected chi connectivity index (χ1v) is 10.4. The molecule has 1 atom stereocenters. The molecule has 0 spiro atoms. The van der Waals surface area contributed by atoms with E-state index in [9.17, 15) is 8.42 Å². The van der Waals surface area contributed by atoms with Gasteiger partial charge in [0.15, 0.2) is 15.8 Å². The van der Waals surface area contributed by atoms with Gasteiger partial charge in [0, 0.05) is 38.4 Å². The fourth-order valence-electron chi connectivity index (χ4n) is 2.75. The van der Waals surface area contributed by atoms with Gasteiger partial charge < -0.3 is 15.5 Å². The SMILES string of the molecule is CN=C(NCCS(=O)(=O)C(C)(C)C)NC1CCN(c2ccccc2)C1. The zero-order chi connectivity index (χ0) is 18.5. The van der Waals surface area contributed by atoms with Crippen molar-refractivity contribution in [3.8, 4) is 0 Å². The van der Waals surface area contributed by atoms with Crippen molar-refractivity contribution in [1.82, 2.24) is 10.6 Å². The third-order valence-corrected chi connectivity index (χ3v) is 7.08. The molecule has 1 aliphatic rings. The van der Waals surface area contributed by atoms with E-state index < -0.39 is 14.6 Å². The van der Waals surface area contributed by atoms with Gasteiger partial charge in [-0.05, 0) is 39.3 Å². The summed E-state index contributed by atoms with van der Waals surface area (Å²) < 4.78 is 23.6. The smallest absolute Gasteiger partial charge is 0.191 e. The summed E-state index contributed by atoms with van der Waals surface area (Å²) in [6.07, 6.45) is 1.02. The van der Waals surface area contributed by atoms with E-state index in [4.69, 9.17) is 0 Å². The molecule has 6 nitrogen and oxygen atoms in total. The first-order chi connectivity index (χ1) is 11.7. The number of para-hydroxylation sites is 1. The van der Waals surface area contributed by atoms with Crippen LogP contribution in [0.5, 0.6) is 0 Å². The van der Waals surface area contributed by atoms with E-state index in [1.165, 1.54) is 5.69 Å². The predicted octanol–water partition coefficient (Wildman–Crippen LogP) is 1.64. The number of guanidine groups is 1. The Kier molecular flexibility index (Phi) is 6.32. The molecule has 140 valence electrons. The van der Waals surface area contributed by atoms with Crippen molar-refractivity contribution in [1.29, 1.82) is 0 Å². The van der Waals surface area contributed by atoms with Gasteiger partial charge >= 0.3 is 0 Å². The van der Waals surface area contributed by atoms with Crippen molar-refractivity contribution in [2.75, 3.05) is 37.3 Å². The molecule has 0 aliphatic carbocycles. The standard InChI is InChI=1S/C18H30N4O2S/c1-18(2,3)25(23,24)13-11-20-17(19-4)21-15-10-12-22(14-15)16-8-6-5-7-9-16/h5-9,15H,10-14H2,1-4H3,(H2,19,20,21). The minimum Gasteiger partial charge on any atom is -0.369 e. The minimum absolute atomic E-state index is 0.0952. The van der Waals surface area contributed by atoms with Crippen LogP contribution in [-0.2, 0) is 9.84 Å². The predicted molar refractivity (Wildman–Crippen MR) is 105 cm³/mol. The van der Waals surface area contributed by atoms with E-state index in [0.29, 0.717) is 18.5 Å². The zero-order valence-electron chi connectivity index (χ0n) is 15.6. The number of aliphatic imine (C=N–C) groups is 1. The second-order valence-corrected chi connectivity index (χ2v) is 10.2. The number of hydrogen-bond donors (Lipinski definition) is 2. The molecule has 1 aliphatic heterocycles. The fourth-order valence-corrected chi connectivity index (χ4v) is 3.73. The van der Waals surface area contributed by atoms with Crippen LogP contribution in [0.4, 0.5) is 5.69 Å². The van der Waals surface area contributed by atoms with Gasteiger partial charge in [-0.2, -0.15) is 0 Å². The molecule has 1 aromatic rings. The van der Waals surface area contributed by atoms with Gasteiger partial charge in [-0.25, -0.2) is 8.42 Å². The zero-order valence-corrected chi connectivity index (χ0v) is 16.4. The Hall–Kier alpha value is -1.76. The molecule has 1 saturated heterocycles. The summed E-state index contributed by atoms with van der Waals surface area (Å²) >= 11 is 0. The third-order valence-electron chi connectivity index (χ3n) is 4.47. The second-order valence-electron chi connectivity index (χ2n) is 7.34. The minimum atomic E-state index is -3.13. The maximum Gasteiger partial charge on any atom is 0.191 e. The molecule has 0 bridgehead atoms. The quantitative estimate of drug-likeness (QED) is 0.612. The summed E-state index contributed by atoms with van der Waals surface area (Å²) in [7, 11) is -1.42. The maximum absolute atomic E-state index is 12.2. The molecular weight excluding hydrogens is 336 g/mol. The molecule has 0 aromatic heterocycles. The fraction of sp³-hybridized carbons (Fsp3) is 0.611. The Labute approximate surface area is 151 Å². The summed E-state index contributed by atoms with van der Waals surface area (Å²) in [6.45, 7) is 7.45. The van der Waals surface area contributed by atoms with Crippen molar-refractivity contribution < 1.29 is 8.42 Å². The number of rotatable bonds is 5. The van der Waals surface area contributed by atoms with Gasteiger partial charge in [0.25, 0.3) is 0 Å². The lowest BCUT2D eigenvalue weighted by molar-refractivity contribution is 0.558. The molecule has 0 amide bonds. The highest BCUT2D eigenvalue weighted by atomic mass is 32.2. The molecule has 1 aromatic carbocycles. The summed E-state index contributed by atoms with van der Waals surface area (Å²) in [5, 5.41) is 6.51. The molecular formula is C18H30N4O2S. The van der Waals surface area contributed by atoms with Crippen LogP contribution in [0, 0.1) is 0 Å². The monoisotopic (exact) mass is 366 g/mol. The maximum atomic E-state index is 12.2. The van der Waals surface area contributed by atoms with Crippen LogP contribution in [0.2, 0.25) is 0 Å². The molecule has 25 heavy (non-hydrogen) atoms. The van der Waals surface area contributed by atoms with Gasteiger partial charge in [-0.3, -0.25) is 4.99 Å². The largest absolute Gasteiger partial charge is 0.369 e.